The van der Waals surface area contributed by atoms with Crippen LogP contribution in [-0.4, -0.2) is 33.9 Å². The monoisotopic (exact) mass is 342 g/mol. The molecule has 0 atom stereocenters. The van der Waals surface area contributed by atoms with Gasteiger partial charge in [0.05, 0.1) is 25.4 Å². The predicted octanol–water partition coefficient (Wildman–Crippen LogP) is 1.86. The number of guanidine groups is 1. The molecule has 1 aliphatic carbocycles. The minimum atomic E-state index is 0.566. The maximum atomic E-state index is 5.66. The summed E-state index contributed by atoms with van der Waals surface area (Å²) in [6, 6.07) is 5.92. The fraction of sp³-hybridized carbons (Fsp3) is 0.500. The summed E-state index contributed by atoms with van der Waals surface area (Å²) in [7, 11) is 1.93. The highest BCUT2D eigenvalue weighted by Gasteiger charge is 2.21. The molecule has 25 heavy (non-hydrogen) atoms. The van der Waals surface area contributed by atoms with Gasteiger partial charge in [0.25, 0.3) is 0 Å². The van der Waals surface area contributed by atoms with Gasteiger partial charge in [-0.1, -0.05) is 6.07 Å². The fourth-order valence-electron chi connectivity index (χ4n) is 2.34. The first kappa shape index (κ1) is 17.3. The summed E-state index contributed by atoms with van der Waals surface area (Å²) < 4.78 is 7.51. The Bertz CT molecular complexity index is 690. The largest absolute Gasteiger partial charge is 0.477 e. The Kier molecular flexibility index (Phi) is 5.87. The van der Waals surface area contributed by atoms with Gasteiger partial charge in [0.15, 0.2) is 5.96 Å². The smallest absolute Gasteiger partial charge is 0.213 e. The Morgan fingerprint density at radius 2 is 2.20 bits per heavy atom. The number of nitrogens with zero attached hydrogens (tertiary/aromatic N) is 4. The molecule has 1 fully saturated rings. The summed E-state index contributed by atoms with van der Waals surface area (Å²) in [6.45, 7) is 4.89. The lowest BCUT2D eigenvalue weighted by atomic mass is 10.3. The molecular weight excluding hydrogens is 316 g/mol. The highest BCUT2D eigenvalue weighted by molar-refractivity contribution is 5.79. The molecule has 0 saturated heterocycles. The minimum Gasteiger partial charge on any atom is -0.477 e. The summed E-state index contributed by atoms with van der Waals surface area (Å²) in [5, 5.41) is 10.7. The zero-order valence-corrected chi connectivity index (χ0v) is 14.9. The standard InChI is InChI=1S/C18H26N6O/c1-3-19-18(22-12-16-8-9-23-24(16)2)21-11-15-6-7-17(20-10-15)25-13-14-4-5-14/h6-10,14H,3-5,11-13H2,1-2H3,(H2,19,21,22). The molecule has 2 aromatic rings. The van der Waals surface area contributed by atoms with E-state index in [1.165, 1.54) is 12.8 Å². The molecule has 0 radical (unpaired) electrons. The number of aliphatic imine (C=N–C) groups is 1. The van der Waals surface area contributed by atoms with E-state index in [0.29, 0.717) is 19.0 Å². The van der Waals surface area contributed by atoms with Crippen molar-refractivity contribution in [3.8, 4) is 5.88 Å². The lowest BCUT2D eigenvalue weighted by Crippen LogP contribution is -2.37. The van der Waals surface area contributed by atoms with Crippen molar-refractivity contribution in [2.75, 3.05) is 13.2 Å². The molecule has 7 heteroatoms. The van der Waals surface area contributed by atoms with Gasteiger partial charge in [-0.2, -0.15) is 5.10 Å². The molecule has 0 bridgehead atoms. The fourth-order valence-corrected chi connectivity index (χ4v) is 2.34. The van der Waals surface area contributed by atoms with Crippen molar-refractivity contribution >= 4 is 5.96 Å². The molecular formula is C18H26N6O. The highest BCUT2D eigenvalue weighted by Crippen LogP contribution is 2.29. The number of aryl methyl sites for hydroxylation is 1. The second-order valence-corrected chi connectivity index (χ2v) is 6.25. The van der Waals surface area contributed by atoms with Crippen LogP contribution in [0.3, 0.4) is 0 Å². The van der Waals surface area contributed by atoms with Crippen LogP contribution in [-0.2, 0) is 20.1 Å². The van der Waals surface area contributed by atoms with Gasteiger partial charge in [-0.3, -0.25) is 4.68 Å². The molecule has 0 aliphatic heterocycles. The lowest BCUT2D eigenvalue weighted by Gasteiger charge is -2.11. The van der Waals surface area contributed by atoms with Crippen LogP contribution < -0.4 is 15.4 Å². The van der Waals surface area contributed by atoms with E-state index >= 15 is 0 Å². The quantitative estimate of drug-likeness (QED) is 0.566. The Hall–Kier alpha value is -2.57. The van der Waals surface area contributed by atoms with Gasteiger partial charge in [0.1, 0.15) is 0 Å². The summed E-state index contributed by atoms with van der Waals surface area (Å²) >= 11 is 0. The van der Waals surface area contributed by atoms with Crippen molar-refractivity contribution in [1.29, 1.82) is 0 Å². The Balaban J connectivity index is 1.51. The number of pyridine rings is 1. The van der Waals surface area contributed by atoms with Crippen molar-refractivity contribution in [2.45, 2.75) is 32.9 Å². The third-order valence-electron chi connectivity index (χ3n) is 4.08. The van der Waals surface area contributed by atoms with Crippen LogP contribution in [0.2, 0.25) is 0 Å². The van der Waals surface area contributed by atoms with E-state index in [-0.39, 0.29) is 0 Å². The normalized spacial score (nSPS) is 14.4. The Labute approximate surface area is 148 Å². The van der Waals surface area contributed by atoms with E-state index in [1.54, 1.807) is 6.20 Å². The Morgan fingerprint density at radius 3 is 2.84 bits per heavy atom. The topological polar surface area (TPSA) is 76.4 Å². The second kappa shape index (κ2) is 8.50. The zero-order chi connectivity index (χ0) is 17.5. The molecule has 2 heterocycles. The molecule has 1 saturated carbocycles. The first-order chi connectivity index (χ1) is 12.2. The van der Waals surface area contributed by atoms with E-state index in [2.05, 4.69) is 32.6 Å². The van der Waals surface area contributed by atoms with Crippen LogP contribution in [0.4, 0.5) is 0 Å². The van der Waals surface area contributed by atoms with E-state index < -0.39 is 0 Å². The molecule has 2 aromatic heterocycles. The second-order valence-electron chi connectivity index (χ2n) is 6.25. The van der Waals surface area contributed by atoms with Crippen LogP contribution >= 0.6 is 0 Å². The molecule has 2 N–H and O–H groups in total. The number of hydrogen-bond donors (Lipinski definition) is 2. The Morgan fingerprint density at radius 1 is 1.32 bits per heavy atom. The van der Waals surface area contributed by atoms with Crippen LogP contribution in [0.25, 0.3) is 0 Å². The van der Waals surface area contributed by atoms with Crippen molar-refractivity contribution in [3.05, 3.63) is 41.9 Å². The predicted molar refractivity (Wildman–Crippen MR) is 97.3 cm³/mol. The first-order valence-electron chi connectivity index (χ1n) is 8.81. The summed E-state index contributed by atoms with van der Waals surface area (Å²) in [6.07, 6.45) is 6.19. The van der Waals surface area contributed by atoms with Gasteiger partial charge in [-0.25, -0.2) is 9.98 Å². The van der Waals surface area contributed by atoms with Crippen LogP contribution in [0, 0.1) is 5.92 Å². The summed E-state index contributed by atoms with van der Waals surface area (Å²) in [5.41, 5.74) is 2.15. The van der Waals surface area contributed by atoms with Crippen molar-refractivity contribution in [1.82, 2.24) is 25.4 Å². The van der Waals surface area contributed by atoms with Gasteiger partial charge in [0, 0.05) is 32.1 Å². The van der Waals surface area contributed by atoms with Crippen LogP contribution in [0.1, 0.15) is 31.0 Å². The molecule has 7 nitrogen and oxygen atoms in total. The molecule has 3 rings (SSSR count). The minimum absolute atomic E-state index is 0.566. The van der Waals surface area contributed by atoms with Gasteiger partial charge in [-0.05, 0) is 37.3 Å². The SMILES string of the molecule is CCNC(=NCc1ccc(OCC2CC2)nc1)NCc1ccnn1C. The third-order valence-corrected chi connectivity index (χ3v) is 4.08. The first-order valence-corrected chi connectivity index (χ1v) is 8.81. The molecule has 134 valence electrons. The average molecular weight is 342 g/mol. The maximum absolute atomic E-state index is 5.66. The number of nitrogens with one attached hydrogen (secondary N) is 2. The number of aromatic nitrogens is 3. The van der Waals surface area contributed by atoms with Crippen LogP contribution in [0.15, 0.2) is 35.6 Å². The lowest BCUT2D eigenvalue weighted by molar-refractivity contribution is 0.288. The summed E-state index contributed by atoms with van der Waals surface area (Å²) in [5.74, 6) is 2.21. The maximum Gasteiger partial charge on any atom is 0.213 e. The van der Waals surface area contributed by atoms with Crippen molar-refractivity contribution in [2.24, 2.45) is 18.0 Å². The highest BCUT2D eigenvalue weighted by atomic mass is 16.5. The van der Waals surface area contributed by atoms with Gasteiger partial charge in [0.2, 0.25) is 5.88 Å². The van der Waals surface area contributed by atoms with Gasteiger partial charge < -0.3 is 15.4 Å². The molecule has 0 unspecified atom stereocenters. The molecule has 1 aliphatic rings. The number of ether oxygens (including phenoxy) is 1. The number of hydrogen-bond acceptors (Lipinski definition) is 4. The summed E-state index contributed by atoms with van der Waals surface area (Å²) in [4.78, 5) is 8.97. The van der Waals surface area contributed by atoms with E-state index in [0.717, 1.165) is 36.3 Å². The molecule has 0 aromatic carbocycles. The van der Waals surface area contributed by atoms with E-state index in [4.69, 9.17) is 4.74 Å². The van der Waals surface area contributed by atoms with Gasteiger partial charge >= 0.3 is 0 Å². The van der Waals surface area contributed by atoms with Crippen molar-refractivity contribution in [3.63, 3.8) is 0 Å². The molecule has 0 amide bonds. The van der Waals surface area contributed by atoms with Crippen LogP contribution in [0.5, 0.6) is 5.88 Å². The van der Waals surface area contributed by atoms with E-state index in [9.17, 15) is 0 Å². The van der Waals surface area contributed by atoms with Crippen molar-refractivity contribution < 1.29 is 4.74 Å². The van der Waals surface area contributed by atoms with Gasteiger partial charge in [-0.15, -0.1) is 0 Å². The third kappa shape index (κ3) is 5.48. The average Bonchev–Trinajstić information content (AvgIpc) is 3.37. The number of rotatable bonds is 8. The van der Waals surface area contributed by atoms with E-state index in [1.807, 2.05) is 36.1 Å². The zero-order valence-electron chi connectivity index (χ0n) is 14.9. The molecule has 0 spiro atoms.